The van der Waals surface area contributed by atoms with Crippen LogP contribution in [-0.4, -0.2) is 34.8 Å². The van der Waals surface area contributed by atoms with E-state index in [1.165, 1.54) is 6.07 Å². The Hall–Kier alpha value is -1.86. The summed E-state index contributed by atoms with van der Waals surface area (Å²) in [6.45, 7) is 1.23. The first-order valence-corrected chi connectivity index (χ1v) is 9.57. The van der Waals surface area contributed by atoms with Crippen LogP contribution in [0.15, 0.2) is 12.1 Å². The summed E-state index contributed by atoms with van der Waals surface area (Å²) >= 11 is 11.7. The number of rotatable bonds is 4. The van der Waals surface area contributed by atoms with Gasteiger partial charge < -0.3 is 10.6 Å². The molecule has 1 unspecified atom stereocenters. The highest BCUT2D eigenvalue weighted by atomic mass is 35.5. The molecular weight excluding hydrogens is 396 g/mol. The van der Waals surface area contributed by atoms with Gasteiger partial charge in [0.15, 0.2) is 0 Å². The van der Waals surface area contributed by atoms with E-state index in [1.54, 1.807) is 6.92 Å². The highest BCUT2D eigenvalue weighted by molar-refractivity contribution is 6.35. The van der Waals surface area contributed by atoms with Crippen LogP contribution in [-0.2, 0) is 9.59 Å². The van der Waals surface area contributed by atoms with Gasteiger partial charge in [-0.15, -0.1) is 0 Å². The van der Waals surface area contributed by atoms with Crippen molar-refractivity contribution in [2.24, 2.45) is 0 Å². The first-order chi connectivity index (χ1) is 12.7. The summed E-state index contributed by atoms with van der Waals surface area (Å²) in [5.41, 5.74) is -0.517. The highest BCUT2D eigenvalue weighted by Gasteiger charge is 2.51. The van der Waals surface area contributed by atoms with E-state index in [2.05, 4.69) is 10.6 Å². The Labute approximate surface area is 166 Å². The summed E-state index contributed by atoms with van der Waals surface area (Å²) in [4.78, 5) is 38.2. The van der Waals surface area contributed by atoms with Gasteiger partial charge in [0, 0.05) is 5.02 Å². The number of hydrogen-bond donors (Lipinski definition) is 2. The van der Waals surface area contributed by atoms with Crippen LogP contribution >= 0.6 is 23.2 Å². The minimum Gasteiger partial charge on any atom is -0.348 e. The van der Waals surface area contributed by atoms with E-state index in [0.717, 1.165) is 30.2 Å². The maximum atomic E-state index is 13.7. The predicted molar refractivity (Wildman–Crippen MR) is 99.0 cm³/mol. The lowest BCUT2D eigenvalue weighted by molar-refractivity contribution is -0.136. The fraction of sp³-hybridized carbons (Fsp3) is 0.500. The molecule has 1 aromatic carbocycles. The monoisotopic (exact) mass is 415 g/mol. The van der Waals surface area contributed by atoms with E-state index in [0.29, 0.717) is 18.4 Å². The number of nitrogens with zero attached hydrogens (tertiary/aromatic N) is 1. The second-order valence-corrected chi connectivity index (χ2v) is 7.86. The van der Waals surface area contributed by atoms with Crippen LogP contribution in [0.5, 0.6) is 0 Å². The topological polar surface area (TPSA) is 78.5 Å². The maximum Gasteiger partial charge on any atom is 0.325 e. The van der Waals surface area contributed by atoms with Crippen molar-refractivity contribution < 1.29 is 18.8 Å². The van der Waals surface area contributed by atoms with Gasteiger partial charge >= 0.3 is 6.03 Å². The van der Waals surface area contributed by atoms with Gasteiger partial charge in [0.25, 0.3) is 5.91 Å². The minimum absolute atomic E-state index is 0.112. The van der Waals surface area contributed by atoms with Crippen LogP contribution in [0.1, 0.15) is 50.6 Å². The fourth-order valence-electron chi connectivity index (χ4n) is 3.69. The molecule has 1 saturated heterocycles. The first-order valence-electron chi connectivity index (χ1n) is 8.81. The number of halogens is 3. The van der Waals surface area contributed by atoms with Gasteiger partial charge in [0.05, 0.1) is 11.1 Å². The third kappa shape index (κ3) is 3.89. The molecule has 2 aliphatic rings. The molecule has 2 N–H and O–H groups in total. The van der Waals surface area contributed by atoms with Crippen molar-refractivity contribution in [3.05, 3.63) is 33.6 Å². The van der Waals surface area contributed by atoms with E-state index >= 15 is 0 Å². The van der Waals surface area contributed by atoms with Crippen LogP contribution in [0.3, 0.4) is 0 Å². The molecule has 4 amide bonds. The molecule has 27 heavy (non-hydrogen) atoms. The molecule has 3 rings (SSSR count). The number of carbonyl (C=O) groups is 3. The highest BCUT2D eigenvalue weighted by Crippen LogP contribution is 2.33. The van der Waals surface area contributed by atoms with Crippen LogP contribution in [0.2, 0.25) is 10.0 Å². The summed E-state index contributed by atoms with van der Waals surface area (Å²) in [6.07, 6.45) is 3.94. The molecular formula is C18H20Cl2FN3O3. The van der Waals surface area contributed by atoms with Gasteiger partial charge in [-0.3, -0.25) is 14.5 Å². The zero-order chi connectivity index (χ0) is 19.8. The van der Waals surface area contributed by atoms with Crippen molar-refractivity contribution in [3.8, 4) is 0 Å². The van der Waals surface area contributed by atoms with E-state index in [1.807, 2.05) is 0 Å². The SMILES string of the molecule is CC(NC(=O)CN1C(=O)NC2(CCCCC2)C1=O)c1cc(F)c(Cl)cc1Cl. The lowest BCUT2D eigenvalue weighted by atomic mass is 9.82. The lowest BCUT2D eigenvalue weighted by Gasteiger charge is -2.30. The number of imide groups is 1. The Morgan fingerprint density at radius 2 is 1.93 bits per heavy atom. The van der Waals surface area contributed by atoms with E-state index in [4.69, 9.17) is 23.2 Å². The summed E-state index contributed by atoms with van der Waals surface area (Å²) in [6, 6.07) is 1.24. The van der Waals surface area contributed by atoms with Crippen LogP contribution in [0, 0.1) is 5.82 Å². The molecule has 2 fully saturated rings. The summed E-state index contributed by atoms with van der Waals surface area (Å²) < 4.78 is 13.7. The van der Waals surface area contributed by atoms with Crippen molar-refractivity contribution >= 4 is 41.0 Å². The third-order valence-corrected chi connectivity index (χ3v) is 5.76. The molecule has 1 aliphatic heterocycles. The number of nitrogens with one attached hydrogen (secondary N) is 2. The molecule has 1 spiro atoms. The summed E-state index contributed by atoms with van der Waals surface area (Å²) in [7, 11) is 0. The Morgan fingerprint density at radius 3 is 2.59 bits per heavy atom. The zero-order valence-electron chi connectivity index (χ0n) is 14.8. The molecule has 0 bridgehead atoms. The summed E-state index contributed by atoms with van der Waals surface area (Å²) in [5, 5.41) is 5.49. The predicted octanol–water partition coefficient (Wildman–Crippen LogP) is 3.56. The third-order valence-electron chi connectivity index (χ3n) is 5.14. The van der Waals surface area contributed by atoms with E-state index < -0.39 is 35.9 Å². The van der Waals surface area contributed by atoms with Crippen LogP contribution < -0.4 is 10.6 Å². The molecule has 1 aliphatic carbocycles. The van der Waals surface area contributed by atoms with Gasteiger partial charge in [-0.05, 0) is 37.5 Å². The van der Waals surface area contributed by atoms with E-state index in [9.17, 15) is 18.8 Å². The second kappa shape index (κ2) is 7.64. The summed E-state index contributed by atoms with van der Waals surface area (Å²) in [5.74, 6) is -1.54. The Bertz CT molecular complexity index is 796. The number of urea groups is 1. The van der Waals surface area contributed by atoms with Crippen LogP contribution in [0.4, 0.5) is 9.18 Å². The van der Waals surface area contributed by atoms with Crippen molar-refractivity contribution in [2.45, 2.75) is 50.6 Å². The van der Waals surface area contributed by atoms with Gasteiger partial charge in [0.1, 0.15) is 17.9 Å². The average molecular weight is 416 g/mol. The molecule has 1 aromatic rings. The maximum absolute atomic E-state index is 13.7. The van der Waals surface area contributed by atoms with Crippen molar-refractivity contribution in [1.82, 2.24) is 15.5 Å². The smallest absolute Gasteiger partial charge is 0.325 e. The number of benzene rings is 1. The van der Waals surface area contributed by atoms with E-state index in [-0.39, 0.29) is 16.0 Å². The van der Waals surface area contributed by atoms with Crippen molar-refractivity contribution in [1.29, 1.82) is 0 Å². The lowest BCUT2D eigenvalue weighted by Crippen LogP contribution is -2.49. The molecule has 0 radical (unpaired) electrons. The van der Waals surface area contributed by atoms with Gasteiger partial charge in [-0.1, -0.05) is 42.5 Å². The minimum atomic E-state index is -0.871. The molecule has 1 saturated carbocycles. The standard InChI is InChI=1S/C18H20Cl2FN3O3/c1-10(11-7-14(21)13(20)8-12(11)19)22-15(25)9-24-16(26)18(23-17(24)27)5-3-2-4-6-18/h7-8,10H,2-6,9H2,1H3,(H,22,25)(H,23,27). The van der Waals surface area contributed by atoms with Gasteiger partial charge in [0.2, 0.25) is 5.91 Å². The van der Waals surface area contributed by atoms with Crippen LogP contribution in [0.25, 0.3) is 0 Å². The Kier molecular flexibility index (Phi) is 5.63. The Morgan fingerprint density at radius 1 is 1.26 bits per heavy atom. The van der Waals surface area contributed by atoms with Crippen molar-refractivity contribution in [3.63, 3.8) is 0 Å². The number of hydrogen-bond acceptors (Lipinski definition) is 3. The molecule has 1 atom stereocenters. The largest absolute Gasteiger partial charge is 0.348 e. The average Bonchev–Trinajstić information content (AvgIpc) is 2.82. The van der Waals surface area contributed by atoms with Gasteiger partial charge in [-0.2, -0.15) is 0 Å². The van der Waals surface area contributed by atoms with Gasteiger partial charge in [-0.25, -0.2) is 9.18 Å². The van der Waals surface area contributed by atoms with Crippen molar-refractivity contribution in [2.75, 3.05) is 6.54 Å². The quantitative estimate of drug-likeness (QED) is 0.582. The second-order valence-electron chi connectivity index (χ2n) is 7.04. The molecule has 146 valence electrons. The number of amides is 4. The molecule has 1 heterocycles. The Balaban J connectivity index is 1.66. The first kappa shape index (κ1) is 19.9. The zero-order valence-corrected chi connectivity index (χ0v) is 16.3. The normalized spacial score (nSPS) is 19.9. The fourth-order valence-corrected chi connectivity index (χ4v) is 4.24. The molecule has 9 heteroatoms. The molecule has 6 nitrogen and oxygen atoms in total. The number of carbonyl (C=O) groups excluding carboxylic acids is 3. The molecule has 0 aromatic heterocycles.